The summed E-state index contributed by atoms with van der Waals surface area (Å²) in [6.07, 6.45) is 6.55. The number of H-pyrrole nitrogens is 1. The van der Waals surface area contributed by atoms with Gasteiger partial charge < -0.3 is 14.4 Å². The Morgan fingerprint density at radius 3 is 2.96 bits per heavy atom. The van der Waals surface area contributed by atoms with E-state index < -0.39 is 0 Å². The summed E-state index contributed by atoms with van der Waals surface area (Å²) in [6, 6.07) is 8.43. The highest BCUT2D eigenvalue weighted by Crippen LogP contribution is 2.46. The zero-order valence-electron chi connectivity index (χ0n) is 14.9. The van der Waals surface area contributed by atoms with E-state index in [2.05, 4.69) is 44.3 Å². The van der Waals surface area contributed by atoms with Crippen molar-refractivity contribution in [2.45, 2.75) is 24.9 Å². The predicted octanol–water partition coefficient (Wildman–Crippen LogP) is 3.03. The molecular weight excluding hydrogens is 328 g/mol. The maximum Gasteiger partial charge on any atom is 0.157 e. The molecule has 4 heterocycles. The minimum absolute atomic E-state index is 0.237. The predicted molar refractivity (Wildman–Crippen MR) is 99.7 cm³/mol. The number of anilines is 1. The number of pyridine rings is 1. The van der Waals surface area contributed by atoms with Gasteiger partial charge in [-0.1, -0.05) is 12.1 Å². The monoisotopic (exact) mass is 350 g/mol. The van der Waals surface area contributed by atoms with Crippen molar-refractivity contribution in [2.75, 3.05) is 31.7 Å². The quantitative estimate of drug-likeness (QED) is 0.770. The Kier molecular flexibility index (Phi) is 3.60. The van der Waals surface area contributed by atoms with E-state index >= 15 is 0 Å². The molecule has 0 amide bonds. The summed E-state index contributed by atoms with van der Waals surface area (Å²) in [5.74, 6) is 0.955. The highest BCUT2D eigenvalue weighted by Gasteiger charge is 2.43. The lowest BCUT2D eigenvalue weighted by molar-refractivity contribution is -0.0779. The maximum absolute atomic E-state index is 6.39. The number of nitrogens with zero attached hydrogens (tertiary/aromatic N) is 3. The molecule has 1 aromatic carbocycles. The number of rotatable bonds is 2. The number of hydrogen-bond donors (Lipinski definition) is 1. The van der Waals surface area contributed by atoms with Crippen molar-refractivity contribution in [1.29, 1.82) is 0 Å². The fraction of sp³-hybridized carbons (Fsp3) is 0.400. The van der Waals surface area contributed by atoms with E-state index in [1.54, 1.807) is 7.11 Å². The molecule has 0 aliphatic carbocycles. The van der Waals surface area contributed by atoms with Crippen LogP contribution in [0.25, 0.3) is 11.0 Å². The lowest BCUT2D eigenvalue weighted by atomic mass is 9.78. The van der Waals surface area contributed by atoms with Gasteiger partial charge >= 0.3 is 0 Å². The summed E-state index contributed by atoms with van der Waals surface area (Å²) in [5, 5.41) is 8.17. The molecule has 26 heavy (non-hydrogen) atoms. The Labute approximate surface area is 152 Å². The van der Waals surface area contributed by atoms with E-state index in [4.69, 9.17) is 9.47 Å². The maximum atomic E-state index is 6.39. The average Bonchev–Trinajstić information content (AvgIpc) is 3.17. The van der Waals surface area contributed by atoms with Crippen molar-refractivity contribution in [3.8, 4) is 5.75 Å². The summed E-state index contributed by atoms with van der Waals surface area (Å²) in [5.41, 5.74) is 4.42. The average molecular weight is 350 g/mol. The molecule has 1 spiro atoms. The minimum atomic E-state index is -0.237. The van der Waals surface area contributed by atoms with Gasteiger partial charge in [-0.25, -0.2) is 4.98 Å². The molecule has 3 aromatic rings. The van der Waals surface area contributed by atoms with Crippen LogP contribution in [0.4, 0.5) is 5.69 Å². The first-order chi connectivity index (χ1) is 12.8. The van der Waals surface area contributed by atoms with Crippen LogP contribution >= 0.6 is 0 Å². The van der Waals surface area contributed by atoms with E-state index in [1.165, 1.54) is 16.8 Å². The van der Waals surface area contributed by atoms with E-state index in [0.717, 1.165) is 55.7 Å². The van der Waals surface area contributed by atoms with Crippen LogP contribution in [-0.2, 0) is 16.8 Å². The molecule has 1 saturated heterocycles. The topological polar surface area (TPSA) is 63.3 Å². The number of aromatic amines is 1. The van der Waals surface area contributed by atoms with Crippen molar-refractivity contribution in [3.63, 3.8) is 0 Å². The summed E-state index contributed by atoms with van der Waals surface area (Å²) in [7, 11) is 1.75. The first kappa shape index (κ1) is 15.6. The van der Waals surface area contributed by atoms with Gasteiger partial charge in [0.2, 0.25) is 0 Å². The van der Waals surface area contributed by atoms with Crippen LogP contribution in [0, 0.1) is 0 Å². The first-order valence-electron chi connectivity index (χ1n) is 9.14. The molecule has 6 nitrogen and oxygen atoms in total. The van der Waals surface area contributed by atoms with E-state index in [-0.39, 0.29) is 5.60 Å². The van der Waals surface area contributed by atoms with Crippen LogP contribution < -0.4 is 9.64 Å². The number of hydrogen-bond acceptors (Lipinski definition) is 5. The molecular formula is C20H22N4O2. The number of aromatic nitrogens is 3. The molecule has 2 aliphatic heterocycles. The molecule has 6 heteroatoms. The third-order valence-corrected chi connectivity index (χ3v) is 5.78. The lowest BCUT2D eigenvalue weighted by Gasteiger charge is -2.46. The summed E-state index contributed by atoms with van der Waals surface area (Å²) in [6.45, 7) is 2.64. The smallest absolute Gasteiger partial charge is 0.157 e. The third kappa shape index (κ3) is 2.29. The number of benzene rings is 1. The zero-order valence-corrected chi connectivity index (χ0v) is 14.9. The zero-order chi connectivity index (χ0) is 17.6. The number of methoxy groups -OCH3 is 1. The molecule has 2 aliphatic rings. The van der Waals surface area contributed by atoms with Gasteiger partial charge in [-0.2, -0.15) is 5.10 Å². The number of ether oxygens (including phenoxy) is 2. The van der Waals surface area contributed by atoms with Gasteiger partial charge in [0.05, 0.1) is 31.0 Å². The highest BCUT2D eigenvalue weighted by atomic mass is 16.5. The van der Waals surface area contributed by atoms with E-state index in [0.29, 0.717) is 0 Å². The van der Waals surface area contributed by atoms with Crippen LogP contribution in [0.1, 0.15) is 24.0 Å². The Bertz CT molecular complexity index is 930. The Morgan fingerprint density at radius 2 is 2.12 bits per heavy atom. The summed E-state index contributed by atoms with van der Waals surface area (Å²) < 4.78 is 12.1. The molecule has 0 saturated carbocycles. The highest BCUT2D eigenvalue weighted by molar-refractivity contribution is 5.88. The molecule has 5 rings (SSSR count). The van der Waals surface area contributed by atoms with Gasteiger partial charge in [0.1, 0.15) is 11.4 Å². The van der Waals surface area contributed by atoms with Gasteiger partial charge in [-0.3, -0.25) is 5.10 Å². The van der Waals surface area contributed by atoms with Crippen LogP contribution in [0.15, 0.2) is 36.7 Å². The van der Waals surface area contributed by atoms with E-state index in [1.807, 2.05) is 12.4 Å². The fourth-order valence-corrected chi connectivity index (χ4v) is 4.52. The molecule has 1 N–H and O–H groups in total. The second kappa shape index (κ2) is 5.99. The fourth-order valence-electron chi connectivity index (χ4n) is 4.52. The first-order valence-corrected chi connectivity index (χ1v) is 9.14. The minimum Gasteiger partial charge on any atom is -0.496 e. The van der Waals surface area contributed by atoms with Crippen LogP contribution in [0.5, 0.6) is 5.75 Å². The third-order valence-electron chi connectivity index (χ3n) is 5.78. The van der Waals surface area contributed by atoms with Crippen LogP contribution in [0.2, 0.25) is 0 Å². The van der Waals surface area contributed by atoms with Crippen LogP contribution in [-0.4, -0.2) is 42.0 Å². The summed E-state index contributed by atoms with van der Waals surface area (Å²) >= 11 is 0. The van der Waals surface area contributed by atoms with Crippen LogP contribution in [0.3, 0.4) is 0 Å². The number of fused-ring (bicyclic) bond motifs is 3. The lowest BCUT2D eigenvalue weighted by Crippen LogP contribution is -2.47. The standard InChI is InChI=1S/C20H22N4O2/c1-25-17-4-2-3-14-6-12-26-20(18(14)17)7-10-24(11-8-20)16-5-9-21-19-15(16)13-22-23-19/h2-5,9,13H,6-8,10-12H2,1H3,(H,21,22,23). The molecule has 0 radical (unpaired) electrons. The largest absolute Gasteiger partial charge is 0.496 e. The molecule has 0 unspecified atom stereocenters. The van der Waals surface area contributed by atoms with Gasteiger partial charge in [-0.15, -0.1) is 0 Å². The summed E-state index contributed by atoms with van der Waals surface area (Å²) in [4.78, 5) is 6.76. The van der Waals surface area contributed by atoms with Crippen molar-refractivity contribution in [1.82, 2.24) is 15.2 Å². The Balaban J connectivity index is 1.47. The van der Waals surface area contributed by atoms with E-state index in [9.17, 15) is 0 Å². The van der Waals surface area contributed by atoms with Crippen molar-refractivity contribution in [3.05, 3.63) is 47.8 Å². The van der Waals surface area contributed by atoms with Crippen molar-refractivity contribution >= 4 is 16.7 Å². The number of nitrogens with one attached hydrogen (secondary N) is 1. The second-order valence-electron chi connectivity index (χ2n) is 7.04. The normalized spacial score (nSPS) is 18.9. The molecule has 1 fully saturated rings. The Hall–Kier alpha value is -2.60. The molecule has 2 aromatic heterocycles. The van der Waals surface area contributed by atoms with Gasteiger partial charge in [-0.05, 0) is 37.0 Å². The SMILES string of the molecule is COc1cccc2c1C1(CCN(c3ccnc4[nH]ncc34)CC1)OCC2. The molecule has 0 bridgehead atoms. The van der Waals surface area contributed by atoms with Crippen molar-refractivity contribution in [2.24, 2.45) is 0 Å². The van der Waals surface area contributed by atoms with Gasteiger partial charge in [0.25, 0.3) is 0 Å². The number of piperidine rings is 1. The van der Waals surface area contributed by atoms with Gasteiger partial charge in [0, 0.05) is 24.8 Å². The Morgan fingerprint density at radius 1 is 1.23 bits per heavy atom. The van der Waals surface area contributed by atoms with Gasteiger partial charge in [0.15, 0.2) is 5.65 Å². The second-order valence-corrected chi connectivity index (χ2v) is 7.04. The van der Waals surface area contributed by atoms with Crippen molar-refractivity contribution < 1.29 is 9.47 Å². The molecule has 0 atom stereocenters. The molecule has 134 valence electrons.